The van der Waals surface area contributed by atoms with Gasteiger partial charge in [0.05, 0.1) is 11.0 Å². The predicted octanol–water partition coefficient (Wildman–Crippen LogP) is 2.84. The number of aryl methyl sites for hydroxylation is 1. The summed E-state index contributed by atoms with van der Waals surface area (Å²) in [5.74, 6) is 0.980. The molecule has 0 unspecified atom stereocenters. The zero-order valence-corrected chi connectivity index (χ0v) is 13.2. The zero-order chi connectivity index (χ0) is 14.7. The average molecular weight is 286 g/mol. The van der Waals surface area contributed by atoms with Crippen LogP contribution in [-0.2, 0) is 6.54 Å². The maximum atomic E-state index is 4.44. The van der Waals surface area contributed by atoms with Crippen LogP contribution < -0.4 is 5.32 Å². The van der Waals surface area contributed by atoms with Gasteiger partial charge in [0.1, 0.15) is 5.82 Å². The number of hydrogen-bond donors (Lipinski definition) is 2. The summed E-state index contributed by atoms with van der Waals surface area (Å²) in [7, 11) is 0. The Hall–Kier alpha value is -1.39. The second-order valence-electron chi connectivity index (χ2n) is 6.32. The van der Waals surface area contributed by atoms with Crippen molar-refractivity contribution in [2.24, 2.45) is 0 Å². The second-order valence-corrected chi connectivity index (χ2v) is 6.32. The minimum Gasteiger partial charge on any atom is -0.342 e. The highest BCUT2D eigenvalue weighted by atomic mass is 15.1. The molecular weight excluding hydrogens is 260 g/mol. The SMILES string of the molecule is Cc1nc2ccc(CN[C@@H](C)CN3CCCCC3)cc2[nH]1. The lowest BCUT2D eigenvalue weighted by Crippen LogP contribution is -2.41. The van der Waals surface area contributed by atoms with E-state index in [4.69, 9.17) is 0 Å². The van der Waals surface area contributed by atoms with Gasteiger partial charge in [-0.05, 0) is 57.5 Å². The van der Waals surface area contributed by atoms with Crippen molar-refractivity contribution in [1.82, 2.24) is 20.2 Å². The minimum absolute atomic E-state index is 0.530. The molecule has 1 aliphatic heterocycles. The van der Waals surface area contributed by atoms with Gasteiger partial charge in [-0.15, -0.1) is 0 Å². The van der Waals surface area contributed by atoms with E-state index in [0.29, 0.717) is 6.04 Å². The van der Waals surface area contributed by atoms with Crippen LogP contribution in [0, 0.1) is 6.92 Å². The standard InChI is InChI=1S/C17H26N4/c1-13(12-21-8-4-3-5-9-21)18-11-15-6-7-16-17(10-15)20-14(2)19-16/h6-7,10,13,18H,3-5,8-9,11-12H2,1-2H3,(H,19,20)/t13-/m0/s1. The molecule has 1 saturated heterocycles. The Morgan fingerprint density at radius 1 is 1.29 bits per heavy atom. The van der Waals surface area contributed by atoms with Crippen LogP contribution in [-0.4, -0.2) is 40.5 Å². The van der Waals surface area contributed by atoms with Gasteiger partial charge in [0.25, 0.3) is 0 Å². The van der Waals surface area contributed by atoms with Gasteiger partial charge >= 0.3 is 0 Å². The van der Waals surface area contributed by atoms with E-state index in [-0.39, 0.29) is 0 Å². The Kier molecular flexibility index (Phi) is 4.56. The summed E-state index contributed by atoms with van der Waals surface area (Å²) in [6.45, 7) is 8.90. The number of H-pyrrole nitrogens is 1. The third-order valence-corrected chi connectivity index (χ3v) is 4.30. The van der Waals surface area contributed by atoms with Gasteiger partial charge in [-0.2, -0.15) is 0 Å². The van der Waals surface area contributed by atoms with Crippen LogP contribution in [0.2, 0.25) is 0 Å². The van der Waals surface area contributed by atoms with Crippen LogP contribution in [0.25, 0.3) is 11.0 Å². The normalized spacial score (nSPS) is 18.2. The van der Waals surface area contributed by atoms with Crippen LogP contribution in [0.4, 0.5) is 0 Å². The smallest absolute Gasteiger partial charge is 0.104 e. The molecule has 114 valence electrons. The fourth-order valence-electron chi connectivity index (χ4n) is 3.18. The Bertz CT molecular complexity index is 583. The highest BCUT2D eigenvalue weighted by molar-refractivity contribution is 5.75. The van der Waals surface area contributed by atoms with Crippen molar-refractivity contribution in [2.75, 3.05) is 19.6 Å². The van der Waals surface area contributed by atoms with Crippen LogP contribution in [0.1, 0.15) is 37.6 Å². The Labute approximate surface area is 126 Å². The number of imidazole rings is 1. The van der Waals surface area contributed by atoms with Gasteiger partial charge in [-0.1, -0.05) is 12.5 Å². The number of benzene rings is 1. The molecule has 0 aliphatic carbocycles. The summed E-state index contributed by atoms with van der Waals surface area (Å²) >= 11 is 0. The molecule has 1 fully saturated rings. The molecule has 3 rings (SSSR count). The first-order chi connectivity index (χ1) is 10.2. The molecule has 1 atom stereocenters. The van der Waals surface area contributed by atoms with Gasteiger partial charge < -0.3 is 15.2 Å². The number of piperidine rings is 1. The summed E-state index contributed by atoms with van der Waals surface area (Å²) < 4.78 is 0. The molecule has 1 aromatic heterocycles. The molecule has 2 aromatic rings. The number of rotatable bonds is 5. The van der Waals surface area contributed by atoms with Gasteiger partial charge in [0, 0.05) is 19.1 Å². The van der Waals surface area contributed by atoms with Gasteiger partial charge in [0.2, 0.25) is 0 Å². The van der Waals surface area contributed by atoms with Crippen LogP contribution in [0.3, 0.4) is 0 Å². The lowest BCUT2D eigenvalue weighted by atomic mass is 10.1. The minimum atomic E-state index is 0.530. The van der Waals surface area contributed by atoms with E-state index in [1.165, 1.54) is 37.9 Å². The monoisotopic (exact) mass is 286 g/mol. The summed E-state index contributed by atoms with van der Waals surface area (Å²) in [6, 6.07) is 7.01. The van der Waals surface area contributed by atoms with E-state index in [1.807, 2.05) is 6.92 Å². The molecule has 1 aliphatic rings. The van der Waals surface area contributed by atoms with E-state index in [2.05, 4.69) is 45.3 Å². The number of likely N-dealkylation sites (tertiary alicyclic amines) is 1. The molecule has 2 heterocycles. The first kappa shape index (κ1) is 14.5. The molecule has 2 N–H and O–H groups in total. The molecule has 0 saturated carbocycles. The Morgan fingerprint density at radius 2 is 2.10 bits per heavy atom. The van der Waals surface area contributed by atoms with Crippen molar-refractivity contribution < 1.29 is 0 Å². The highest BCUT2D eigenvalue weighted by Gasteiger charge is 2.13. The first-order valence-electron chi connectivity index (χ1n) is 8.12. The maximum absolute atomic E-state index is 4.44. The molecule has 0 bridgehead atoms. The summed E-state index contributed by atoms with van der Waals surface area (Å²) in [6.07, 6.45) is 4.13. The van der Waals surface area contributed by atoms with Gasteiger partial charge in [-0.3, -0.25) is 0 Å². The lowest BCUT2D eigenvalue weighted by molar-refractivity contribution is 0.209. The number of aromatic nitrogens is 2. The van der Waals surface area contributed by atoms with Crippen molar-refractivity contribution >= 4 is 11.0 Å². The molecular formula is C17H26N4. The topological polar surface area (TPSA) is 44.0 Å². The largest absolute Gasteiger partial charge is 0.342 e. The van der Waals surface area contributed by atoms with Crippen molar-refractivity contribution in [3.8, 4) is 0 Å². The van der Waals surface area contributed by atoms with Crippen LogP contribution >= 0.6 is 0 Å². The summed E-state index contributed by atoms with van der Waals surface area (Å²) in [4.78, 5) is 10.3. The third kappa shape index (κ3) is 3.83. The maximum Gasteiger partial charge on any atom is 0.104 e. The molecule has 4 nitrogen and oxygen atoms in total. The molecule has 1 aromatic carbocycles. The Morgan fingerprint density at radius 3 is 2.90 bits per heavy atom. The summed E-state index contributed by atoms with van der Waals surface area (Å²) in [5, 5.41) is 3.64. The van der Waals surface area contributed by atoms with E-state index < -0.39 is 0 Å². The fourth-order valence-corrected chi connectivity index (χ4v) is 3.18. The number of hydrogen-bond acceptors (Lipinski definition) is 3. The number of fused-ring (bicyclic) bond motifs is 1. The highest BCUT2D eigenvalue weighted by Crippen LogP contribution is 2.14. The molecule has 0 spiro atoms. The molecule has 21 heavy (non-hydrogen) atoms. The van der Waals surface area contributed by atoms with Gasteiger partial charge in [-0.25, -0.2) is 4.98 Å². The van der Waals surface area contributed by atoms with E-state index in [1.54, 1.807) is 0 Å². The van der Waals surface area contributed by atoms with E-state index in [9.17, 15) is 0 Å². The number of nitrogens with one attached hydrogen (secondary N) is 2. The zero-order valence-electron chi connectivity index (χ0n) is 13.2. The quantitative estimate of drug-likeness (QED) is 0.888. The van der Waals surface area contributed by atoms with E-state index >= 15 is 0 Å². The number of aromatic amines is 1. The van der Waals surface area contributed by atoms with Crippen LogP contribution in [0.15, 0.2) is 18.2 Å². The van der Waals surface area contributed by atoms with Crippen LogP contribution in [0.5, 0.6) is 0 Å². The van der Waals surface area contributed by atoms with Crippen molar-refractivity contribution in [2.45, 2.75) is 45.7 Å². The van der Waals surface area contributed by atoms with Crippen molar-refractivity contribution in [3.63, 3.8) is 0 Å². The number of nitrogens with zero attached hydrogens (tertiary/aromatic N) is 2. The molecule has 0 amide bonds. The first-order valence-corrected chi connectivity index (χ1v) is 8.12. The second kappa shape index (κ2) is 6.58. The van der Waals surface area contributed by atoms with Crippen molar-refractivity contribution in [3.05, 3.63) is 29.6 Å². The predicted molar refractivity (Wildman–Crippen MR) is 87.4 cm³/mol. The van der Waals surface area contributed by atoms with Gasteiger partial charge in [0.15, 0.2) is 0 Å². The summed E-state index contributed by atoms with van der Waals surface area (Å²) in [5.41, 5.74) is 3.50. The molecule has 0 radical (unpaired) electrons. The molecule has 4 heteroatoms. The van der Waals surface area contributed by atoms with Crippen molar-refractivity contribution in [1.29, 1.82) is 0 Å². The fraction of sp³-hybridized carbons (Fsp3) is 0.588. The lowest BCUT2D eigenvalue weighted by Gasteiger charge is -2.29. The third-order valence-electron chi connectivity index (χ3n) is 4.30. The Balaban J connectivity index is 1.52. The van der Waals surface area contributed by atoms with E-state index in [0.717, 1.165) is 29.9 Å². The average Bonchev–Trinajstić information content (AvgIpc) is 2.85.